The summed E-state index contributed by atoms with van der Waals surface area (Å²) in [5, 5.41) is 9.79. The second-order valence-corrected chi connectivity index (χ2v) is 6.70. The fourth-order valence-electron chi connectivity index (χ4n) is 1.81. The van der Waals surface area contributed by atoms with Gasteiger partial charge >= 0.3 is 6.18 Å². The van der Waals surface area contributed by atoms with Crippen LogP contribution >= 0.6 is 46.7 Å². The average Bonchev–Trinajstić information content (AvgIpc) is 3.11. The van der Waals surface area contributed by atoms with Gasteiger partial charge in [-0.05, 0) is 23.9 Å². The number of aryl methyl sites for hydroxylation is 1. The number of nitrogens with zero attached hydrogens (tertiary/aromatic N) is 2. The van der Waals surface area contributed by atoms with Crippen LogP contribution in [0, 0.1) is 6.92 Å². The molecule has 0 aliphatic heterocycles. The number of hydrogen-bond acceptors (Lipinski definition) is 4. The highest BCUT2D eigenvalue weighted by molar-refractivity contribution is 14.0. The van der Waals surface area contributed by atoms with E-state index in [1.165, 1.54) is 10.4 Å². The quantitative estimate of drug-likeness (QED) is 0.378. The Balaban J connectivity index is 0.00000288. The van der Waals surface area contributed by atoms with Crippen LogP contribution < -0.4 is 10.6 Å². The minimum absolute atomic E-state index is 0. The van der Waals surface area contributed by atoms with Crippen molar-refractivity contribution >= 4 is 52.6 Å². The molecule has 10 heteroatoms. The third-order valence-electron chi connectivity index (χ3n) is 3.08. The molecule has 2 heterocycles. The highest BCUT2D eigenvalue weighted by Gasteiger charge is 2.33. The molecule has 4 nitrogen and oxygen atoms in total. The van der Waals surface area contributed by atoms with Crippen molar-refractivity contribution in [1.29, 1.82) is 0 Å². The van der Waals surface area contributed by atoms with E-state index >= 15 is 0 Å². The maximum absolute atomic E-state index is 12.5. The fourth-order valence-corrected chi connectivity index (χ4v) is 3.46. The Hall–Kier alpha value is -0.880. The predicted octanol–water partition coefficient (Wildman–Crippen LogP) is 4.06. The van der Waals surface area contributed by atoms with Crippen molar-refractivity contribution in [3.8, 4) is 0 Å². The van der Waals surface area contributed by atoms with Gasteiger partial charge in [0.2, 0.25) is 0 Å². The van der Waals surface area contributed by atoms with Crippen molar-refractivity contribution in [2.24, 2.45) is 4.99 Å². The minimum atomic E-state index is -4.38. The summed E-state index contributed by atoms with van der Waals surface area (Å²) in [4.78, 5) is 8.92. The molecular formula is C14H18F3IN4S2. The van der Waals surface area contributed by atoms with Crippen LogP contribution in [0.4, 0.5) is 13.2 Å². The maximum Gasteiger partial charge on any atom is 0.434 e. The molecular weight excluding hydrogens is 472 g/mol. The van der Waals surface area contributed by atoms with E-state index in [-0.39, 0.29) is 24.0 Å². The molecule has 2 aromatic rings. The van der Waals surface area contributed by atoms with E-state index in [2.05, 4.69) is 26.7 Å². The van der Waals surface area contributed by atoms with E-state index in [0.29, 0.717) is 30.5 Å². The Morgan fingerprint density at radius 2 is 2.04 bits per heavy atom. The number of thiazole rings is 1. The van der Waals surface area contributed by atoms with Crippen LogP contribution in [0.3, 0.4) is 0 Å². The summed E-state index contributed by atoms with van der Waals surface area (Å²) in [6, 6.07) is 2.05. The number of aromatic nitrogens is 1. The molecule has 0 radical (unpaired) electrons. The molecule has 0 bridgehead atoms. The SMILES string of the molecule is CN=C(NCCc1nc(C(F)(F)F)cs1)NCc1sccc1C.I. The number of thiophene rings is 1. The van der Waals surface area contributed by atoms with Gasteiger partial charge in [-0.15, -0.1) is 46.7 Å². The molecule has 2 rings (SSSR count). The number of halogens is 4. The van der Waals surface area contributed by atoms with E-state index in [4.69, 9.17) is 0 Å². The van der Waals surface area contributed by atoms with Gasteiger partial charge in [-0.2, -0.15) is 13.2 Å². The Kier molecular flexibility index (Phi) is 8.43. The molecule has 134 valence electrons. The van der Waals surface area contributed by atoms with Gasteiger partial charge in [-0.25, -0.2) is 4.98 Å². The van der Waals surface area contributed by atoms with Gasteiger partial charge in [0.05, 0.1) is 11.6 Å². The Morgan fingerprint density at radius 1 is 1.29 bits per heavy atom. The number of nitrogens with one attached hydrogen (secondary N) is 2. The molecule has 0 saturated carbocycles. The monoisotopic (exact) mass is 490 g/mol. The summed E-state index contributed by atoms with van der Waals surface area (Å²) in [5.41, 5.74) is 0.397. The minimum Gasteiger partial charge on any atom is -0.356 e. The van der Waals surface area contributed by atoms with E-state index in [0.717, 1.165) is 16.7 Å². The second kappa shape index (κ2) is 9.56. The first-order valence-electron chi connectivity index (χ1n) is 6.89. The first-order chi connectivity index (χ1) is 10.9. The van der Waals surface area contributed by atoms with Gasteiger partial charge in [-0.3, -0.25) is 4.99 Å². The molecule has 0 spiro atoms. The van der Waals surface area contributed by atoms with Crippen molar-refractivity contribution in [3.63, 3.8) is 0 Å². The van der Waals surface area contributed by atoms with Gasteiger partial charge in [0.1, 0.15) is 0 Å². The van der Waals surface area contributed by atoms with Crippen molar-refractivity contribution in [1.82, 2.24) is 15.6 Å². The van der Waals surface area contributed by atoms with Crippen LogP contribution in [0.1, 0.15) is 21.1 Å². The Bertz CT molecular complexity index is 667. The lowest BCUT2D eigenvalue weighted by Crippen LogP contribution is -2.37. The highest BCUT2D eigenvalue weighted by atomic mass is 127. The third kappa shape index (κ3) is 6.20. The van der Waals surface area contributed by atoms with Crippen molar-refractivity contribution < 1.29 is 13.2 Å². The standard InChI is InChI=1S/C14H17F3N4S2.HI/c1-9-4-6-22-10(9)7-20-13(18-2)19-5-3-12-21-11(8-23-12)14(15,16)17;/h4,6,8H,3,5,7H2,1-2H3,(H2,18,19,20);1H. The normalized spacial score (nSPS) is 12.0. The highest BCUT2D eigenvalue weighted by Crippen LogP contribution is 2.29. The van der Waals surface area contributed by atoms with E-state index < -0.39 is 11.9 Å². The molecule has 24 heavy (non-hydrogen) atoms. The Labute approximate surface area is 163 Å². The zero-order valence-electron chi connectivity index (χ0n) is 13.1. The van der Waals surface area contributed by atoms with Gasteiger partial charge in [0, 0.05) is 30.3 Å². The van der Waals surface area contributed by atoms with E-state index in [9.17, 15) is 13.2 Å². The topological polar surface area (TPSA) is 49.3 Å². The van der Waals surface area contributed by atoms with Crippen molar-refractivity contribution in [3.05, 3.63) is 38.0 Å². The molecule has 0 unspecified atom stereocenters. The summed E-state index contributed by atoms with van der Waals surface area (Å²) in [6.45, 7) is 3.18. The number of rotatable bonds is 5. The first-order valence-corrected chi connectivity index (χ1v) is 8.65. The van der Waals surface area contributed by atoms with Crippen LogP contribution in [-0.4, -0.2) is 24.5 Å². The Morgan fingerprint density at radius 3 is 2.58 bits per heavy atom. The largest absolute Gasteiger partial charge is 0.434 e. The lowest BCUT2D eigenvalue weighted by molar-refractivity contribution is -0.140. The van der Waals surface area contributed by atoms with Crippen molar-refractivity contribution in [2.75, 3.05) is 13.6 Å². The lowest BCUT2D eigenvalue weighted by atomic mass is 10.3. The number of aliphatic imine (C=N–C) groups is 1. The zero-order valence-corrected chi connectivity index (χ0v) is 17.1. The lowest BCUT2D eigenvalue weighted by Gasteiger charge is -2.11. The number of guanidine groups is 1. The van der Waals surface area contributed by atoms with Crippen LogP contribution in [0.15, 0.2) is 21.8 Å². The molecule has 2 N–H and O–H groups in total. The van der Waals surface area contributed by atoms with Crippen LogP contribution in [-0.2, 0) is 19.1 Å². The molecule has 2 aromatic heterocycles. The molecule has 0 fully saturated rings. The zero-order chi connectivity index (χ0) is 16.9. The summed E-state index contributed by atoms with van der Waals surface area (Å²) in [6.07, 6.45) is -3.96. The van der Waals surface area contributed by atoms with E-state index in [1.807, 2.05) is 12.3 Å². The summed E-state index contributed by atoms with van der Waals surface area (Å²) < 4.78 is 37.4. The predicted molar refractivity (Wildman–Crippen MR) is 103 cm³/mol. The molecule has 0 aliphatic carbocycles. The van der Waals surface area contributed by atoms with Crippen molar-refractivity contribution in [2.45, 2.75) is 26.1 Å². The summed E-state index contributed by atoms with van der Waals surface area (Å²) in [7, 11) is 1.65. The van der Waals surface area contributed by atoms with E-state index in [1.54, 1.807) is 18.4 Å². The van der Waals surface area contributed by atoms with Gasteiger partial charge in [0.15, 0.2) is 11.7 Å². The van der Waals surface area contributed by atoms with Crippen LogP contribution in [0.2, 0.25) is 0 Å². The number of alkyl halides is 3. The first kappa shape index (κ1) is 21.2. The molecule has 0 amide bonds. The smallest absolute Gasteiger partial charge is 0.356 e. The third-order valence-corrected chi connectivity index (χ3v) is 5.01. The van der Waals surface area contributed by atoms with Gasteiger partial charge in [0.25, 0.3) is 0 Å². The molecule has 0 aromatic carbocycles. The molecule has 0 aliphatic rings. The molecule has 0 saturated heterocycles. The maximum atomic E-state index is 12.5. The number of hydrogen-bond donors (Lipinski definition) is 2. The average molecular weight is 490 g/mol. The second-order valence-electron chi connectivity index (χ2n) is 4.75. The molecule has 0 atom stereocenters. The van der Waals surface area contributed by atoms with Crippen LogP contribution in [0.25, 0.3) is 0 Å². The van der Waals surface area contributed by atoms with Gasteiger partial charge < -0.3 is 10.6 Å². The summed E-state index contributed by atoms with van der Waals surface area (Å²) in [5.74, 6) is 0.616. The van der Waals surface area contributed by atoms with Gasteiger partial charge in [-0.1, -0.05) is 0 Å². The fraction of sp³-hybridized carbons (Fsp3) is 0.429. The van der Waals surface area contributed by atoms with Crippen LogP contribution in [0.5, 0.6) is 0 Å². The summed E-state index contributed by atoms with van der Waals surface area (Å²) >= 11 is 2.69.